The van der Waals surface area contributed by atoms with Crippen molar-refractivity contribution < 1.29 is 23.1 Å². The fourth-order valence-electron chi connectivity index (χ4n) is 1.63. The van der Waals surface area contributed by atoms with E-state index in [1.54, 1.807) is 13.8 Å². The average Bonchev–Trinajstić information content (AvgIpc) is 2.15. The molecule has 1 saturated heterocycles. The molecule has 1 heterocycles. The van der Waals surface area contributed by atoms with Gasteiger partial charge in [0.2, 0.25) is 10.0 Å². The van der Waals surface area contributed by atoms with E-state index in [2.05, 4.69) is 0 Å². The summed E-state index contributed by atoms with van der Waals surface area (Å²) in [4.78, 5) is 10.9. The zero-order chi connectivity index (χ0) is 12.3. The van der Waals surface area contributed by atoms with Gasteiger partial charge in [0.1, 0.15) is 6.04 Å². The van der Waals surface area contributed by atoms with Gasteiger partial charge >= 0.3 is 5.97 Å². The first kappa shape index (κ1) is 13.4. The summed E-state index contributed by atoms with van der Waals surface area (Å²) in [6.45, 7) is 3.86. The molecule has 0 aromatic heterocycles. The number of carboxylic acids is 1. The molecule has 0 bridgehead atoms. The topological polar surface area (TPSA) is 83.9 Å². The Hall–Kier alpha value is -0.660. The van der Waals surface area contributed by atoms with Crippen LogP contribution < -0.4 is 0 Å². The number of sulfonamides is 1. The van der Waals surface area contributed by atoms with E-state index >= 15 is 0 Å². The van der Waals surface area contributed by atoms with E-state index in [0.717, 1.165) is 4.31 Å². The van der Waals surface area contributed by atoms with Crippen molar-refractivity contribution in [2.75, 3.05) is 25.5 Å². The molecule has 1 unspecified atom stereocenters. The summed E-state index contributed by atoms with van der Waals surface area (Å²) in [5.74, 6) is -1.22. The summed E-state index contributed by atoms with van der Waals surface area (Å²) in [6.07, 6.45) is 0. The molecule has 0 aromatic rings. The predicted molar refractivity (Wildman–Crippen MR) is 57.6 cm³/mol. The van der Waals surface area contributed by atoms with Gasteiger partial charge in [0.25, 0.3) is 0 Å². The van der Waals surface area contributed by atoms with Crippen LogP contribution in [0, 0.1) is 5.92 Å². The third-order valence-corrected chi connectivity index (χ3v) is 4.51. The molecule has 1 N–H and O–H groups in total. The van der Waals surface area contributed by atoms with Gasteiger partial charge in [-0.05, 0) is 5.92 Å². The fraction of sp³-hybridized carbons (Fsp3) is 0.889. The molecule has 0 aliphatic carbocycles. The molecule has 94 valence electrons. The molecule has 1 rings (SSSR count). The first-order chi connectivity index (χ1) is 7.34. The van der Waals surface area contributed by atoms with Crippen LogP contribution in [0.2, 0.25) is 0 Å². The van der Waals surface area contributed by atoms with Crippen LogP contribution in [-0.2, 0) is 19.6 Å². The molecule has 1 aliphatic rings. The number of carbonyl (C=O) groups is 1. The molecule has 0 saturated carbocycles. The number of aliphatic carboxylic acids is 1. The predicted octanol–water partition coefficient (Wildman–Crippen LogP) is -0.242. The molecular formula is C9H17NO5S. The number of rotatable bonds is 4. The Morgan fingerprint density at radius 2 is 2.19 bits per heavy atom. The minimum Gasteiger partial charge on any atom is -0.480 e. The van der Waals surface area contributed by atoms with Crippen LogP contribution >= 0.6 is 0 Å². The van der Waals surface area contributed by atoms with Gasteiger partial charge in [0.15, 0.2) is 0 Å². The minimum absolute atomic E-state index is 0.0257. The van der Waals surface area contributed by atoms with Crippen molar-refractivity contribution in [3.8, 4) is 0 Å². The molecule has 0 aromatic carbocycles. The molecule has 1 aliphatic heterocycles. The van der Waals surface area contributed by atoms with Crippen molar-refractivity contribution in [2.45, 2.75) is 19.9 Å². The Morgan fingerprint density at radius 1 is 1.56 bits per heavy atom. The van der Waals surface area contributed by atoms with Gasteiger partial charge in [0.05, 0.1) is 19.0 Å². The lowest BCUT2D eigenvalue weighted by atomic mass is 10.3. The van der Waals surface area contributed by atoms with Crippen LogP contribution in [0.1, 0.15) is 13.8 Å². The van der Waals surface area contributed by atoms with Crippen molar-refractivity contribution in [2.24, 2.45) is 5.92 Å². The second-order valence-electron chi connectivity index (χ2n) is 4.21. The van der Waals surface area contributed by atoms with Gasteiger partial charge in [-0.2, -0.15) is 4.31 Å². The van der Waals surface area contributed by atoms with Crippen molar-refractivity contribution in [1.29, 1.82) is 0 Å². The highest BCUT2D eigenvalue weighted by molar-refractivity contribution is 7.89. The maximum atomic E-state index is 11.9. The van der Waals surface area contributed by atoms with Crippen LogP contribution in [-0.4, -0.2) is 55.4 Å². The molecule has 1 atom stereocenters. The molecule has 0 radical (unpaired) electrons. The smallest absolute Gasteiger partial charge is 0.324 e. The zero-order valence-corrected chi connectivity index (χ0v) is 10.2. The van der Waals surface area contributed by atoms with Gasteiger partial charge in [0, 0.05) is 6.54 Å². The Labute approximate surface area is 95.2 Å². The summed E-state index contributed by atoms with van der Waals surface area (Å²) in [5, 5.41) is 8.92. The summed E-state index contributed by atoms with van der Waals surface area (Å²) in [6, 6.07) is -1.09. The Bertz CT molecular complexity index is 351. The van der Waals surface area contributed by atoms with Crippen molar-refractivity contribution in [1.82, 2.24) is 4.31 Å². The van der Waals surface area contributed by atoms with Crippen LogP contribution in [0.25, 0.3) is 0 Å². The van der Waals surface area contributed by atoms with Gasteiger partial charge < -0.3 is 9.84 Å². The maximum Gasteiger partial charge on any atom is 0.324 e. The first-order valence-electron chi connectivity index (χ1n) is 5.14. The van der Waals surface area contributed by atoms with E-state index < -0.39 is 22.0 Å². The molecule has 0 spiro atoms. The van der Waals surface area contributed by atoms with E-state index in [4.69, 9.17) is 9.84 Å². The highest BCUT2D eigenvalue weighted by Gasteiger charge is 2.37. The molecule has 6 nitrogen and oxygen atoms in total. The lowest BCUT2D eigenvalue weighted by molar-refractivity contribution is -0.146. The molecule has 16 heavy (non-hydrogen) atoms. The number of carboxylic acid groups (broad SMARTS) is 1. The number of hydrogen-bond donors (Lipinski definition) is 1. The zero-order valence-electron chi connectivity index (χ0n) is 9.42. The van der Waals surface area contributed by atoms with Crippen molar-refractivity contribution in [3.05, 3.63) is 0 Å². The largest absolute Gasteiger partial charge is 0.480 e. The molecule has 1 fully saturated rings. The SMILES string of the molecule is CC(C)CS(=O)(=O)N1CCOCC1C(=O)O. The van der Waals surface area contributed by atoms with Crippen LogP contribution in [0.3, 0.4) is 0 Å². The molecule has 0 amide bonds. The van der Waals surface area contributed by atoms with Crippen LogP contribution in [0.5, 0.6) is 0 Å². The van der Waals surface area contributed by atoms with Gasteiger partial charge in [-0.3, -0.25) is 4.79 Å². The Morgan fingerprint density at radius 3 is 2.69 bits per heavy atom. The summed E-state index contributed by atoms with van der Waals surface area (Å²) in [7, 11) is -3.50. The second-order valence-corrected chi connectivity index (χ2v) is 6.18. The fourth-order valence-corrected chi connectivity index (χ4v) is 3.56. The molecule has 7 heteroatoms. The van der Waals surface area contributed by atoms with E-state index in [-0.39, 0.29) is 31.4 Å². The quantitative estimate of drug-likeness (QED) is 0.745. The number of nitrogens with zero attached hydrogens (tertiary/aromatic N) is 1. The first-order valence-corrected chi connectivity index (χ1v) is 6.75. The molecular weight excluding hydrogens is 234 g/mol. The van der Waals surface area contributed by atoms with Gasteiger partial charge in [-0.15, -0.1) is 0 Å². The third kappa shape index (κ3) is 3.16. The summed E-state index contributed by atoms with van der Waals surface area (Å²) < 4.78 is 29.9. The van der Waals surface area contributed by atoms with E-state index in [9.17, 15) is 13.2 Å². The normalized spacial score (nSPS) is 23.6. The minimum atomic E-state index is -3.50. The summed E-state index contributed by atoms with van der Waals surface area (Å²) in [5.41, 5.74) is 0. The number of hydrogen-bond acceptors (Lipinski definition) is 4. The standard InChI is InChI=1S/C9H17NO5S/c1-7(2)6-16(13,14)10-3-4-15-5-8(10)9(11)12/h7-8H,3-6H2,1-2H3,(H,11,12). The number of ether oxygens (including phenoxy) is 1. The van der Waals surface area contributed by atoms with Crippen molar-refractivity contribution >= 4 is 16.0 Å². The highest BCUT2D eigenvalue weighted by Crippen LogP contribution is 2.15. The van der Waals surface area contributed by atoms with Crippen molar-refractivity contribution in [3.63, 3.8) is 0 Å². The highest BCUT2D eigenvalue weighted by atomic mass is 32.2. The lowest BCUT2D eigenvalue weighted by Crippen LogP contribution is -2.53. The average molecular weight is 251 g/mol. The third-order valence-electron chi connectivity index (χ3n) is 2.27. The number of morpholine rings is 1. The van der Waals surface area contributed by atoms with Gasteiger partial charge in [-0.1, -0.05) is 13.8 Å². The van der Waals surface area contributed by atoms with Crippen LogP contribution in [0.4, 0.5) is 0 Å². The van der Waals surface area contributed by atoms with Crippen LogP contribution in [0.15, 0.2) is 0 Å². The van der Waals surface area contributed by atoms with Gasteiger partial charge in [-0.25, -0.2) is 8.42 Å². The van der Waals surface area contributed by atoms with E-state index in [0.29, 0.717) is 0 Å². The van der Waals surface area contributed by atoms with E-state index in [1.807, 2.05) is 0 Å². The summed E-state index contributed by atoms with van der Waals surface area (Å²) >= 11 is 0. The Kier molecular flexibility index (Phi) is 4.28. The second kappa shape index (κ2) is 5.11. The lowest BCUT2D eigenvalue weighted by Gasteiger charge is -2.32. The maximum absolute atomic E-state index is 11.9. The monoisotopic (exact) mass is 251 g/mol. The Balaban J connectivity index is 2.86. The van der Waals surface area contributed by atoms with E-state index in [1.165, 1.54) is 0 Å².